The summed E-state index contributed by atoms with van der Waals surface area (Å²) in [7, 11) is -3.79. The van der Waals surface area contributed by atoms with E-state index in [0.29, 0.717) is 5.39 Å². The van der Waals surface area contributed by atoms with Gasteiger partial charge in [0.25, 0.3) is 0 Å². The first-order chi connectivity index (χ1) is 10.1. The first-order valence-electron chi connectivity index (χ1n) is 7.13. The van der Waals surface area contributed by atoms with Gasteiger partial charge in [0.05, 0.1) is 10.9 Å². The number of hydrogen-bond donors (Lipinski definition) is 1. The van der Waals surface area contributed by atoms with Crippen molar-refractivity contribution in [2.75, 3.05) is 0 Å². The SMILES string of the molecule is CC(=O)C(NS(=O)(=O)c1cccc2ccccc12)C(C)(C)C. The summed E-state index contributed by atoms with van der Waals surface area (Å²) in [6.07, 6.45) is 0. The van der Waals surface area contributed by atoms with Crippen LogP contribution in [0.5, 0.6) is 0 Å². The highest BCUT2D eigenvalue weighted by molar-refractivity contribution is 7.89. The minimum atomic E-state index is -3.79. The smallest absolute Gasteiger partial charge is 0.241 e. The molecule has 5 heteroatoms. The number of ketones is 1. The van der Waals surface area contributed by atoms with Gasteiger partial charge in [0.2, 0.25) is 10.0 Å². The predicted molar refractivity (Wildman–Crippen MR) is 88.2 cm³/mol. The first-order valence-corrected chi connectivity index (χ1v) is 8.62. The monoisotopic (exact) mass is 319 g/mol. The maximum Gasteiger partial charge on any atom is 0.241 e. The van der Waals surface area contributed by atoms with Gasteiger partial charge in [-0.2, -0.15) is 0 Å². The lowest BCUT2D eigenvalue weighted by Crippen LogP contribution is -2.48. The maximum atomic E-state index is 12.7. The number of fused-ring (bicyclic) bond motifs is 1. The lowest BCUT2D eigenvalue weighted by atomic mass is 9.85. The van der Waals surface area contributed by atoms with Gasteiger partial charge < -0.3 is 0 Å². The number of benzene rings is 2. The molecule has 22 heavy (non-hydrogen) atoms. The van der Waals surface area contributed by atoms with Crippen LogP contribution in [0.25, 0.3) is 10.8 Å². The van der Waals surface area contributed by atoms with Gasteiger partial charge in [0.1, 0.15) is 5.78 Å². The summed E-state index contributed by atoms with van der Waals surface area (Å²) in [6.45, 7) is 6.92. The van der Waals surface area contributed by atoms with Crippen molar-refractivity contribution in [1.82, 2.24) is 4.72 Å². The van der Waals surface area contributed by atoms with Gasteiger partial charge in [-0.1, -0.05) is 57.2 Å². The average Bonchev–Trinajstić information content (AvgIpc) is 2.42. The predicted octanol–water partition coefficient (Wildman–Crippen LogP) is 3.12. The molecule has 118 valence electrons. The van der Waals surface area contributed by atoms with Gasteiger partial charge in [-0.25, -0.2) is 13.1 Å². The number of carbonyl (C=O) groups is 1. The molecule has 0 fully saturated rings. The van der Waals surface area contributed by atoms with E-state index in [-0.39, 0.29) is 10.7 Å². The highest BCUT2D eigenvalue weighted by Gasteiger charge is 2.33. The van der Waals surface area contributed by atoms with E-state index in [9.17, 15) is 13.2 Å². The molecule has 0 saturated carbocycles. The number of hydrogen-bond acceptors (Lipinski definition) is 3. The van der Waals surface area contributed by atoms with Crippen molar-refractivity contribution in [3.8, 4) is 0 Å². The second-order valence-electron chi connectivity index (χ2n) is 6.51. The maximum absolute atomic E-state index is 12.7. The van der Waals surface area contributed by atoms with Crippen LogP contribution in [0.1, 0.15) is 27.7 Å². The zero-order chi connectivity index (χ0) is 16.5. The molecule has 0 aliphatic carbocycles. The molecule has 0 amide bonds. The standard InChI is InChI=1S/C17H21NO3S/c1-12(19)16(17(2,3)4)18-22(20,21)15-11-7-9-13-8-5-6-10-14(13)15/h5-11,16,18H,1-4H3. The zero-order valence-electron chi connectivity index (χ0n) is 13.3. The van der Waals surface area contributed by atoms with E-state index in [2.05, 4.69) is 4.72 Å². The second kappa shape index (κ2) is 5.82. The van der Waals surface area contributed by atoms with Crippen molar-refractivity contribution in [3.05, 3.63) is 42.5 Å². The molecule has 0 spiro atoms. The Labute approximate surface area is 131 Å². The fourth-order valence-electron chi connectivity index (χ4n) is 2.52. The Morgan fingerprint density at radius 1 is 1.05 bits per heavy atom. The van der Waals surface area contributed by atoms with E-state index in [1.54, 1.807) is 24.3 Å². The Hall–Kier alpha value is -1.72. The number of Topliss-reactive ketones (excluding diaryl/α,β-unsaturated/α-hetero) is 1. The molecule has 2 rings (SSSR count). The average molecular weight is 319 g/mol. The van der Waals surface area contributed by atoms with Crippen LogP contribution in [-0.2, 0) is 14.8 Å². The lowest BCUT2D eigenvalue weighted by molar-refractivity contribution is -0.120. The quantitative estimate of drug-likeness (QED) is 0.941. The molecule has 2 aromatic rings. The van der Waals surface area contributed by atoms with E-state index in [1.165, 1.54) is 6.92 Å². The van der Waals surface area contributed by atoms with Crippen LogP contribution in [0.3, 0.4) is 0 Å². The summed E-state index contributed by atoms with van der Waals surface area (Å²) in [5.74, 6) is -0.198. The summed E-state index contributed by atoms with van der Waals surface area (Å²) in [5.41, 5.74) is -0.497. The Bertz CT molecular complexity index is 799. The van der Waals surface area contributed by atoms with Crippen molar-refractivity contribution >= 4 is 26.6 Å². The molecule has 0 heterocycles. The summed E-state index contributed by atoms with van der Waals surface area (Å²) >= 11 is 0. The lowest BCUT2D eigenvalue weighted by Gasteiger charge is -2.29. The second-order valence-corrected chi connectivity index (χ2v) is 8.19. The van der Waals surface area contributed by atoms with Crippen LogP contribution in [0, 0.1) is 5.41 Å². The Balaban J connectivity index is 2.52. The minimum Gasteiger partial charge on any atom is -0.298 e. The van der Waals surface area contributed by atoms with Crippen LogP contribution in [0.15, 0.2) is 47.4 Å². The van der Waals surface area contributed by atoms with Crippen LogP contribution in [-0.4, -0.2) is 20.2 Å². The van der Waals surface area contributed by atoms with Gasteiger partial charge >= 0.3 is 0 Å². The van der Waals surface area contributed by atoms with Crippen molar-refractivity contribution in [2.24, 2.45) is 5.41 Å². The van der Waals surface area contributed by atoms with Crippen molar-refractivity contribution < 1.29 is 13.2 Å². The molecule has 0 bridgehead atoms. The fourth-order valence-corrected chi connectivity index (χ4v) is 4.21. The first kappa shape index (κ1) is 16.6. The fraction of sp³-hybridized carbons (Fsp3) is 0.353. The summed E-state index contributed by atoms with van der Waals surface area (Å²) in [4.78, 5) is 12.0. The van der Waals surface area contributed by atoms with Crippen molar-refractivity contribution in [2.45, 2.75) is 38.6 Å². The number of carbonyl (C=O) groups excluding carboxylic acids is 1. The molecular weight excluding hydrogens is 298 g/mol. The van der Waals surface area contributed by atoms with Gasteiger partial charge in [-0.05, 0) is 23.8 Å². The van der Waals surface area contributed by atoms with Gasteiger partial charge in [-0.15, -0.1) is 0 Å². The minimum absolute atomic E-state index is 0.195. The zero-order valence-corrected chi connectivity index (χ0v) is 14.1. The Morgan fingerprint density at radius 3 is 2.23 bits per heavy atom. The Kier molecular flexibility index (Phi) is 4.40. The Morgan fingerprint density at radius 2 is 1.64 bits per heavy atom. The summed E-state index contributed by atoms with van der Waals surface area (Å²) in [6, 6.07) is 11.6. The molecule has 1 N–H and O–H groups in total. The topological polar surface area (TPSA) is 63.2 Å². The van der Waals surface area contributed by atoms with E-state index in [0.717, 1.165) is 5.39 Å². The van der Waals surface area contributed by atoms with Crippen molar-refractivity contribution in [1.29, 1.82) is 0 Å². The molecular formula is C17H21NO3S. The van der Waals surface area contributed by atoms with Crippen molar-refractivity contribution in [3.63, 3.8) is 0 Å². The third-order valence-corrected chi connectivity index (χ3v) is 5.07. The normalized spacial score (nSPS) is 14.0. The molecule has 4 nitrogen and oxygen atoms in total. The van der Waals surface area contributed by atoms with Crippen LogP contribution < -0.4 is 4.72 Å². The molecule has 0 radical (unpaired) electrons. The molecule has 0 aliphatic rings. The third-order valence-electron chi connectivity index (χ3n) is 3.58. The molecule has 0 aromatic heterocycles. The van der Waals surface area contributed by atoms with Gasteiger partial charge in [0.15, 0.2) is 0 Å². The van der Waals surface area contributed by atoms with Gasteiger partial charge in [0, 0.05) is 5.39 Å². The highest BCUT2D eigenvalue weighted by Crippen LogP contribution is 2.26. The molecule has 1 unspecified atom stereocenters. The van der Waals surface area contributed by atoms with Crippen LogP contribution in [0.4, 0.5) is 0 Å². The van der Waals surface area contributed by atoms with E-state index < -0.39 is 21.5 Å². The number of sulfonamides is 1. The summed E-state index contributed by atoms with van der Waals surface area (Å²) in [5, 5.41) is 1.49. The largest absolute Gasteiger partial charge is 0.298 e. The highest BCUT2D eigenvalue weighted by atomic mass is 32.2. The molecule has 0 saturated heterocycles. The van der Waals surface area contributed by atoms with E-state index in [1.807, 2.05) is 39.0 Å². The van der Waals surface area contributed by atoms with E-state index in [4.69, 9.17) is 0 Å². The molecule has 0 aliphatic heterocycles. The summed E-state index contributed by atoms with van der Waals surface area (Å²) < 4.78 is 28.1. The molecule has 2 aromatic carbocycles. The van der Waals surface area contributed by atoms with Crippen LogP contribution >= 0.6 is 0 Å². The molecule has 1 atom stereocenters. The number of nitrogens with one attached hydrogen (secondary N) is 1. The van der Waals surface area contributed by atoms with Crippen LogP contribution in [0.2, 0.25) is 0 Å². The third kappa shape index (κ3) is 3.36. The van der Waals surface area contributed by atoms with E-state index >= 15 is 0 Å². The number of rotatable bonds is 4. The van der Waals surface area contributed by atoms with Gasteiger partial charge in [-0.3, -0.25) is 4.79 Å².